The Bertz CT molecular complexity index is 842. The fourth-order valence-corrected chi connectivity index (χ4v) is 4.78. The van der Waals surface area contributed by atoms with Crippen LogP contribution in [0, 0.1) is 29.6 Å². The molecule has 3 rings (SSSR count). The summed E-state index contributed by atoms with van der Waals surface area (Å²) in [5.74, 6) is 0.298. The van der Waals surface area contributed by atoms with Crippen LogP contribution in [-0.2, 0) is 10.0 Å². The van der Waals surface area contributed by atoms with Crippen molar-refractivity contribution in [3.63, 3.8) is 0 Å². The third-order valence-electron chi connectivity index (χ3n) is 5.07. The maximum atomic E-state index is 13.0. The molecule has 1 saturated heterocycles. The molecule has 5 heteroatoms. The molecule has 0 radical (unpaired) electrons. The molecule has 1 saturated carbocycles. The molecule has 2 fully saturated rings. The number of allylic oxidation sites excluding steroid dienone is 1. The van der Waals surface area contributed by atoms with Gasteiger partial charge in [0.15, 0.2) is 0 Å². The lowest BCUT2D eigenvalue weighted by molar-refractivity contribution is 0.429. The Morgan fingerprint density at radius 1 is 1.38 bits per heavy atom. The minimum atomic E-state index is -3.57. The van der Waals surface area contributed by atoms with Gasteiger partial charge in [-0.05, 0) is 43.4 Å². The maximum Gasteiger partial charge on any atom is 0.243 e. The summed E-state index contributed by atoms with van der Waals surface area (Å²) in [5.41, 5.74) is 2.22. The molecule has 1 atom stereocenters. The van der Waals surface area contributed by atoms with Crippen molar-refractivity contribution in [1.82, 2.24) is 4.31 Å². The van der Waals surface area contributed by atoms with E-state index in [-0.39, 0.29) is 6.54 Å². The fraction of sp³-hybridized carbons (Fsp3) is 0.421. The minimum absolute atomic E-state index is 0.276. The summed E-state index contributed by atoms with van der Waals surface area (Å²) in [4.78, 5) is 0.297. The van der Waals surface area contributed by atoms with E-state index in [1.54, 1.807) is 30.3 Å². The van der Waals surface area contributed by atoms with Gasteiger partial charge in [-0.25, -0.2) is 8.42 Å². The van der Waals surface area contributed by atoms with Crippen molar-refractivity contribution in [2.75, 3.05) is 13.1 Å². The predicted octanol–water partition coefficient (Wildman–Crippen LogP) is 3.42. The van der Waals surface area contributed by atoms with Crippen molar-refractivity contribution in [3.05, 3.63) is 53.6 Å². The topological polar surface area (TPSA) is 61.2 Å². The molecule has 126 valence electrons. The third-order valence-corrected chi connectivity index (χ3v) is 6.88. The monoisotopic (exact) mass is 342 g/mol. The van der Waals surface area contributed by atoms with Gasteiger partial charge in [0, 0.05) is 24.1 Å². The zero-order valence-corrected chi connectivity index (χ0v) is 14.9. The van der Waals surface area contributed by atoms with Gasteiger partial charge in [0.25, 0.3) is 0 Å². The molecule has 24 heavy (non-hydrogen) atoms. The van der Waals surface area contributed by atoms with Gasteiger partial charge in [0.1, 0.15) is 0 Å². The van der Waals surface area contributed by atoms with Gasteiger partial charge in [-0.15, -0.1) is 6.58 Å². The molecule has 2 aliphatic rings. The van der Waals surface area contributed by atoms with Crippen molar-refractivity contribution in [2.24, 2.45) is 11.3 Å². The Balaban J connectivity index is 2.01. The summed E-state index contributed by atoms with van der Waals surface area (Å²) >= 11 is 0. The second-order valence-electron chi connectivity index (χ2n) is 6.99. The Morgan fingerprint density at radius 2 is 2.00 bits per heavy atom. The first-order chi connectivity index (χ1) is 11.3. The number of hydrogen-bond acceptors (Lipinski definition) is 3. The molecular weight excluding hydrogens is 320 g/mol. The number of sulfonamides is 1. The number of benzene rings is 1. The highest BCUT2D eigenvalue weighted by molar-refractivity contribution is 7.89. The van der Waals surface area contributed by atoms with Crippen molar-refractivity contribution >= 4 is 10.0 Å². The molecule has 1 heterocycles. The van der Waals surface area contributed by atoms with E-state index in [2.05, 4.69) is 12.6 Å². The number of rotatable bonds is 4. The molecule has 0 N–H and O–H groups in total. The van der Waals surface area contributed by atoms with Gasteiger partial charge in [-0.1, -0.05) is 30.7 Å². The predicted molar refractivity (Wildman–Crippen MR) is 93.6 cm³/mol. The zero-order valence-electron chi connectivity index (χ0n) is 14.1. The molecule has 1 unspecified atom stereocenters. The molecule has 0 aromatic heterocycles. The first-order valence-corrected chi connectivity index (χ1v) is 9.60. The van der Waals surface area contributed by atoms with Gasteiger partial charge in [0.05, 0.1) is 11.0 Å². The smallest absolute Gasteiger partial charge is 0.207 e. The van der Waals surface area contributed by atoms with E-state index >= 15 is 0 Å². The highest BCUT2D eigenvalue weighted by Gasteiger charge is 2.45. The van der Waals surface area contributed by atoms with E-state index in [9.17, 15) is 13.7 Å². The molecule has 1 aliphatic carbocycles. The van der Waals surface area contributed by atoms with Crippen LogP contribution in [0.3, 0.4) is 0 Å². The first-order valence-electron chi connectivity index (χ1n) is 8.16. The van der Waals surface area contributed by atoms with Gasteiger partial charge in [-0.3, -0.25) is 0 Å². The van der Waals surface area contributed by atoms with E-state index in [0.717, 1.165) is 29.6 Å². The fourth-order valence-electron chi connectivity index (χ4n) is 3.26. The normalized spacial score (nSPS) is 26.9. The molecule has 1 aliphatic heterocycles. The molecule has 0 spiro atoms. The number of aryl methyl sites for hydroxylation is 1. The largest absolute Gasteiger partial charge is 0.243 e. The quantitative estimate of drug-likeness (QED) is 0.622. The second-order valence-corrected chi connectivity index (χ2v) is 8.92. The van der Waals surface area contributed by atoms with E-state index in [0.29, 0.717) is 17.4 Å². The molecule has 0 amide bonds. The lowest BCUT2D eigenvalue weighted by atomic mass is 9.81. The van der Waals surface area contributed by atoms with Crippen LogP contribution in [0.25, 0.3) is 0 Å². The van der Waals surface area contributed by atoms with Crippen LogP contribution in [-0.4, -0.2) is 25.8 Å². The number of nitriles is 1. The van der Waals surface area contributed by atoms with E-state index in [1.165, 1.54) is 4.31 Å². The minimum Gasteiger partial charge on any atom is -0.207 e. The molecule has 4 nitrogen and oxygen atoms in total. The first kappa shape index (κ1) is 16.9. The van der Waals surface area contributed by atoms with E-state index < -0.39 is 15.4 Å². The maximum absolute atomic E-state index is 13.0. The summed E-state index contributed by atoms with van der Waals surface area (Å²) in [6, 6.07) is 9.22. The Morgan fingerprint density at radius 3 is 2.50 bits per heavy atom. The third kappa shape index (κ3) is 2.81. The summed E-state index contributed by atoms with van der Waals surface area (Å²) in [6.45, 7) is 8.41. The Kier molecular flexibility index (Phi) is 4.15. The van der Waals surface area contributed by atoms with Gasteiger partial charge in [0.2, 0.25) is 10.0 Å². The average Bonchev–Trinajstić information content (AvgIpc) is 3.32. The Labute approximate surface area is 144 Å². The van der Waals surface area contributed by atoms with Crippen LogP contribution in [0.5, 0.6) is 0 Å². The van der Waals surface area contributed by atoms with Crippen LogP contribution in [0.4, 0.5) is 0 Å². The molecule has 1 aromatic carbocycles. The van der Waals surface area contributed by atoms with E-state index in [1.807, 2.05) is 13.8 Å². The summed E-state index contributed by atoms with van der Waals surface area (Å²) in [6.07, 6.45) is 3.82. The van der Waals surface area contributed by atoms with Crippen molar-refractivity contribution in [3.8, 4) is 6.07 Å². The van der Waals surface area contributed by atoms with Gasteiger partial charge < -0.3 is 0 Å². The zero-order chi connectivity index (χ0) is 17.5. The van der Waals surface area contributed by atoms with Crippen LogP contribution in [0.1, 0.15) is 25.3 Å². The van der Waals surface area contributed by atoms with Crippen LogP contribution >= 0.6 is 0 Å². The van der Waals surface area contributed by atoms with Gasteiger partial charge >= 0.3 is 0 Å². The summed E-state index contributed by atoms with van der Waals surface area (Å²) < 4.78 is 27.4. The average molecular weight is 342 g/mol. The summed E-state index contributed by atoms with van der Waals surface area (Å²) in [7, 11) is -3.57. The van der Waals surface area contributed by atoms with Gasteiger partial charge in [-0.2, -0.15) is 9.57 Å². The Hall–Kier alpha value is -1.90. The molecule has 1 aromatic rings. The van der Waals surface area contributed by atoms with Crippen LogP contribution < -0.4 is 0 Å². The van der Waals surface area contributed by atoms with E-state index in [4.69, 9.17) is 0 Å². The van der Waals surface area contributed by atoms with Crippen molar-refractivity contribution in [1.29, 1.82) is 5.26 Å². The molecular formula is C19H22N2O2S. The molecule has 0 bridgehead atoms. The number of hydrogen-bond donors (Lipinski definition) is 0. The van der Waals surface area contributed by atoms with Crippen molar-refractivity contribution < 1.29 is 8.42 Å². The highest BCUT2D eigenvalue weighted by atomic mass is 32.2. The lowest BCUT2D eigenvalue weighted by Gasteiger charge is -2.22. The van der Waals surface area contributed by atoms with Crippen LogP contribution in [0.15, 0.2) is 53.0 Å². The highest BCUT2D eigenvalue weighted by Crippen LogP contribution is 2.46. The number of nitrogens with zero attached hydrogens (tertiary/aromatic N) is 2. The summed E-state index contributed by atoms with van der Waals surface area (Å²) in [5, 5.41) is 9.55. The standard InChI is InChI=1S/C19H22N2O2S/c1-4-19(3)13-21(12-18(19)17(11-20)15-7-8-15)24(22,23)16-9-5-14(2)6-10-16/h4-6,9-10,15H,1,7-8,12-13H2,2-3H3/b18-17-. The van der Waals surface area contributed by atoms with Crippen molar-refractivity contribution in [2.45, 2.75) is 31.6 Å². The van der Waals surface area contributed by atoms with Crippen LogP contribution in [0.2, 0.25) is 0 Å². The second kappa shape index (κ2) is 5.87. The SMILES string of the molecule is C=CC1(C)CN(S(=O)(=O)c2ccc(C)cc2)C/C1=C(\C#N)C1CC1. The lowest BCUT2D eigenvalue weighted by Crippen LogP contribution is -2.30.